The van der Waals surface area contributed by atoms with Gasteiger partial charge in [-0.2, -0.15) is 5.10 Å². The highest BCUT2D eigenvalue weighted by molar-refractivity contribution is 5.72. The standard InChI is InChI=1S/C9H10N4O2/c1-12-8-7(5-11-12)9(15)13(6-10-8)3-2-4-14/h4-6H,2-3H2,1H3. The number of fused-ring (bicyclic) bond motifs is 1. The van der Waals surface area contributed by atoms with Crippen LogP contribution in [0.5, 0.6) is 0 Å². The Labute approximate surface area is 85.2 Å². The van der Waals surface area contributed by atoms with Crippen molar-refractivity contribution in [1.29, 1.82) is 0 Å². The van der Waals surface area contributed by atoms with E-state index < -0.39 is 0 Å². The average molecular weight is 206 g/mol. The summed E-state index contributed by atoms with van der Waals surface area (Å²) in [6, 6.07) is 0. The molecule has 0 radical (unpaired) electrons. The fraction of sp³-hybridized carbons (Fsp3) is 0.333. The Morgan fingerprint density at radius 2 is 2.33 bits per heavy atom. The molecule has 2 aromatic heterocycles. The molecule has 0 spiro atoms. The Morgan fingerprint density at radius 1 is 1.53 bits per heavy atom. The Kier molecular flexibility index (Phi) is 2.32. The van der Waals surface area contributed by atoms with Crippen LogP contribution in [0.3, 0.4) is 0 Å². The Bertz CT molecular complexity index is 555. The van der Waals surface area contributed by atoms with Gasteiger partial charge in [0.25, 0.3) is 5.56 Å². The largest absolute Gasteiger partial charge is 0.303 e. The minimum absolute atomic E-state index is 0.157. The number of aryl methyl sites for hydroxylation is 2. The lowest BCUT2D eigenvalue weighted by atomic mass is 10.4. The summed E-state index contributed by atoms with van der Waals surface area (Å²) in [4.78, 5) is 26.1. The molecule has 78 valence electrons. The van der Waals surface area contributed by atoms with Crippen LogP contribution in [0.25, 0.3) is 11.0 Å². The number of aldehydes is 1. The number of carbonyl (C=O) groups is 1. The first-order valence-corrected chi connectivity index (χ1v) is 4.55. The molecule has 2 rings (SSSR count). The van der Waals surface area contributed by atoms with Crippen molar-refractivity contribution >= 4 is 17.3 Å². The molecule has 0 amide bonds. The summed E-state index contributed by atoms with van der Waals surface area (Å²) in [7, 11) is 1.73. The summed E-state index contributed by atoms with van der Waals surface area (Å²) < 4.78 is 2.96. The average Bonchev–Trinajstić information content (AvgIpc) is 2.61. The molecule has 0 aliphatic carbocycles. The summed E-state index contributed by atoms with van der Waals surface area (Å²) in [5, 5.41) is 4.43. The van der Waals surface area contributed by atoms with E-state index in [9.17, 15) is 9.59 Å². The number of nitrogens with zero attached hydrogens (tertiary/aromatic N) is 4. The van der Waals surface area contributed by atoms with Crippen molar-refractivity contribution in [2.75, 3.05) is 0 Å². The Hall–Kier alpha value is -1.98. The molecular formula is C9H10N4O2. The van der Waals surface area contributed by atoms with Gasteiger partial charge in [0.2, 0.25) is 0 Å². The summed E-state index contributed by atoms with van der Waals surface area (Å²) >= 11 is 0. The van der Waals surface area contributed by atoms with Crippen LogP contribution in [0.1, 0.15) is 6.42 Å². The summed E-state index contributed by atoms with van der Waals surface area (Å²) in [5.74, 6) is 0. The minimum atomic E-state index is -0.157. The fourth-order valence-corrected chi connectivity index (χ4v) is 1.42. The van der Waals surface area contributed by atoms with Gasteiger partial charge in [-0.25, -0.2) is 4.98 Å². The van der Waals surface area contributed by atoms with Crippen molar-refractivity contribution < 1.29 is 4.79 Å². The van der Waals surface area contributed by atoms with E-state index in [0.717, 1.165) is 6.29 Å². The molecule has 0 N–H and O–H groups in total. The van der Waals surface area contributed by atoms with Crippen molar-refractivity contribution in [1.82, 2.24) is 19.3 Å². The summed E-state index contributed by atoms with van der Waals surface area (Å²) in [5.41, 5.74) is 0.400. The smallest absolute Gasteiger partial charge is 0.264 e. The lowest BCUT2D eigenvalue weighted by molar-refractivity contribution is -0.108. The first-order chi connectivity index (χ1) is 7.24. The van der Waals surface area contributed by atoms with Gasteiger partial charge in [0.15, 0.2) is 5.65 Å². The van der Waals surface area contributed by atoms with Crippen LogP contribution >= 0.6 is 0 Å². The van der Waals surface area contributed by atoms with Crippen LogP contribution in [0, 0.1) is 0 Å². The van der Waals surface area contributed by atoms with Gasteiger partial charge in [-0.1, -0.05) is 0 Å². The van der Waals surface area contributed by atoms with Gasteiger partial charge in [0, 0.05) is 20.0 Å². The van der Waals surface area contributed by atoms with E-state index in [1.54, 1.807) is 11.7 Å². The maximum absolute atomic E-state index is 11.8. The molecular weight excluding hydrogens is 196 g/mol. The van der Waals surface area contributed by atoms with Crippen LogP contribution < -0.4 is 5.56 Å². The molecule has 6 nitrogen and oxygen atoms in total. The second kappa shape index (κ2) is 3.64. The van der Waals surface area contributed by atoms with E-state index in [-0.39, 0.29) is 5.56 Å². The molecule has 2 aromatic rings. The SMILES string of the molecule is Cn1ncc2c(=O)n(CCC=O)cnc21. The molecule has 0 aromatic carbocycles. The third kappa shape index (κ3) is 1.54. The molecule has 0 aliphatic rings. The topological polar surface area (TPSA) is 69.8 Å². The third-order valence-electron chi connectivity index (χ3n) is 2.21. The highest BCUT2D eigenvalue weighted by Crippen LogP contribution is 2.02. The van der Waals surface area contributed by atoms with Crippen molar-refractivity contribution in [2.45, 2.75) is 13.0 Å². The van der Waals surface area contributed by atoms with Gasteiger partial charge >= 0.3 is 0 Å². The number of rotatable bonds is 3. The van der Waals surface area contributed by atoms with E-state index >= 15 is 0 Å². The van der Waals surface area contributed by atoms with Gasteiger partial charge in [-0.05, 0) is 0 Å². The first-order valence-electron chi connectivity index (χ1n) is 4.55. The molecule has 0 saturated carbocycles. The summed E-state index contributed by atoms with van der Waals surface area (Å²) in [6.07, 6.45) is 4.02. The normalized spacial score (nSPS) is 10.7. The molecule has 0 saturated heterocycles. The molecule has 2 heterocycles. The quantitative estimate of drug-likeness (QED) is 0.647. The lowest BCUT2D eigenvalue weighted by Crippen LogP contribution is -2.20. The number of hydrogen-bond acceptors (Lipinski definition) is 4. The van der Waals surface area contributed by atoms with Crippen molar-refractivity contribution in [3.63, 3.8) is 0 Å². The van der Waals surface area contributed by atoms with Crippen LogP contribution in [0.15, 0.2) is 17.3 Å². The number of aromatic nitrogens is 4. The molecule has 6 heteroatoms. The van der Waals surface area contributed by atoms with Crippen LogP contribution in [-0.2, 0) is 18.4 Å². The molecule has 0 bridgehead atoms. The number of hydrogen-bond donors (Lipinski definition) is 0. The van der Waals surface area contributed by atoms with Crippen LogP contribution in [-0.4, -0.2) is 25.6 Å². The lowest BCUT2D eigenvalue weighted by Gasteiger charge is -2.01. The highest BCUT2D eigenvalue weighted by Gasteiger charge is 2.06. The maximum atomic E-state index is 11.8. The predicted molar refractivity (Wildman–Crippen MR) is 53.5 cm³/mol. The Morgan fingerprint density at radius 3 is 3.07 bits per heavy atom. The van der Waals surface area contributed by atoms with E-state index in [1.165, 1.54) is 17.1 Å². The van der Waals surface area contributed by atoms with Crippen molar-refractivity contribution in [3.05, 3.63) is 22.9 Å². The van der Waals surface area contributed by atoms with Crippen LogP contribution in [0.2, 0.25) is 0 Å². The zero-order chi connectivity index (χ0) is 10.8. The molecule has 0 unspecified atom stereocenters. The first kappa shape index (κ1) is 9.57. The van der Waals surface area contributed by atoms with Crippen molar-refractivity contribution in [2.24, 2.45) is 7.05 Å². The third-order valence-corrected chi connectivity index (χ3v) is 2.21. The van der Waals surface area contributed by atoms with Gasteiger partial charge < -0.3 is 4.79 Å². The van der Waals surface area contributed by atoms with Gasteiger partial charge in [-0.3, -0.25) is 14.0 Å². The molecule has 0 aliphatic heterocycles. The zero-order valence-corrected chi connectivity index (χ0v) is 8.25. The molecule has 0 atom stereocenters. The summed E-state index contributed by atoms with van der Waals surface area (Å²) in [6.45, 7) is 0.361. The van der Waals surface area contributed by atoms with Gasteiger partial charge in [0.05, 0.1) is 12.5 Å². The number of carbonyl (C=O) groups excluding carboxylic acids is 1. The van der Waals surface area contributed by atoms with Crippen LogP contribution in [0.4, 0.5) is 0 Å². The molecule has 0 fully saturated rings. The highest BCUT2D eigenvalue weighted by atomic mass is 16.1. The fourth-order valence-electron chi connectivity index (χ4n) is 1.42. The Balaban J connectivity index is 2.55. The monoisotopic (exact) mass is 206 g/mol. The molecule has 15 heavy (non-hydrogen) atoms. The van der Waals surface area contributed by atoms with Gasteiger partial charge in [0.1, 0.15) is 11.7 Å². The van der Waals surface area contributed by atoms with Crippen molar-refractivity contribution in [3.8, 4) is 0 Å². The van der Waals surface area contributed by atoms with E-state index in [0.29, 0.717) is 24.0 Å². The van der Waals surface area contributed by atoms with E-state index in [2.05, 4.69) is 10.1 Å². The van der Waals surface area contributed by atoms with E-state index in [4.69, 9.17) is 0 Å². The van der Waals surface area contributed by atoms with Gasteiger partial charge in [-0.15, -0.1) is 0 Å². The second-order valence-electron chi connectivity index (χ2n) is 3.20. The maximum Gasteiger partial charge on any atom is 0.264 e. The second-order valence-corrected chi connectivity index (χ2v) is 3.20. The zero-order valence-electron chi connectivity index (χ0n) is 8.25. The minimum Gasteiger partial charge on any atom is -0.303 e. The predicted octanol–water partition coefficient (Wildman–Crippen LogP) is -0.281. The van der Waals surface area contributed by atoms with E-state index in [1.807, 2.05) is 0 Å².